The fourth-order valence-electron chi connectivity index (χ4n) is 4.56. The second-order valence-corrected chi connectivity index (χ2v) is 8.43. The van der Waals surface area contributed by atoms with Gasteiger partial charge in [-0.3, -0.25) is 9.69 Å². The summed E-state index contributed by atoms with van der Waals surface area (Å²) in [6, 6.07) is 10.2. The smallest absolute Gasteiger partial charge is 0.317 e. The molecule has 6 heteroatoms. The lowest BCUT2D eigenvalue weighted by Gasteiger charge is -2.42. The van der Waals surface area contributed by atoms with Crippen molar-refractivity contribution in [3.63, 3.8) is 0 Å². The van der Waals surface area contributed by atoms with Gasteiger partial charge in [-0.05, 0) is 64.0 Å². The number of hydrogen-bond acceptors (Lipinski definition) is 5. The third-order valence-electron chi connectivity index (χ3n) is 6.56. The molecule has 0 unspecified atom stereocenters. The molecule has 0 bridgehead atoms. The number of aliphatic carboxylic acids is 1. The summed E-state index contributed by atoms with van der Waals surface area (Å²) in [4.78, 5) is 17.9. The zero-order valence-corrected chi connectivity index (χ0v) is 17.6. The maximum atomic E-state index is 11.0. The van der Waals surface area contributed by atoms with Crippen LogP contribution in [0.15, 0.2) is 24.3 Å². The predicted molar refractivity (Wildman–Crippen MR) is 114 cm³/mol. The van der Waals surface area contributed by atoms with Crippen molar-refractivity contribution in [2.45, 2.75) is 57.3 Å². The van der Waals surface area contributed by atoms with Crippen LogP contribution in [-0.4, -0.2) is 79.3 Å². The summed E-state index contributed by atoms with van der Waals surface area (Å²) < 4.78 is 0. The normalized spacial score (nSPS) is 23.6. The summed E-state index contributed by atoms with van der Waals surface area (Å²) in [5.74, 6) is -0.732. The van der Waals surface area contributed by atoms with E-state index in [1.54, 1.807) is 0 Å². The number of hydrogen-bond donors (Lipinski definition) is 2. The molecule has 1 saturated heterocycles. The van der Waals surface area contributed by atoms with Crippen molar-refractivity contribution in [1.29, 1.82) is 0 Å². The largest absolute Gasteiger partial charge is 0.480 e. The van der Waals surface area contributed by atoms with E-state index < -0.39 is 5.97 Å². The van der Waals surface area contributed by atoms with Gasteiger partial charge in [0.2, 0.25) is 0 Å². The summed E-state index contributed by atoms with van der Waals surface area (Å²) >= 11 is 0. The first-order chi connectivity index (χ1) is 13.5. The Morgan fingerprint density at radius 3 is 2.54 bits per heavy atom. The van der Waals surface area contributed by atoms with Crippen molar-refractivity contribution < 1.29 is 9.90 Å². The van der Waals surface area contributed by atoms with Crippen LogP contribution < -0.4 is 10.2 Å². The van der Waals surface area contributed by atoms with Crippen LogP contribution >= 0.6 is 0 Å². The van der Waals surface area contributed by atoms with E-state index in [9.17, 15) is 4.79 Å². The molecule has 1 aromatic rings. The van der Waals surface area contributed by atoms with Crippen LogP contribution in [-0.2, 0) is 11.3 Å². The van der Waals surface area contributed by atoms with Crippen molar-refractivity contribution in [1.82, 2.24) is 15.1 Å². The van der Waals surface area contributed by atoms with Gasteiger partial charge in [0.15, 0.2) is 0 Å². The van der Waals surface area contributed by atoms with Crippen LogP contribution in [0.2, 0.25) is 0 Å². The van der Waals surface area contributed by atoms with E-state index in [1.165, 1.54) is 37.2 Å². The molecule has 0 aromatic heterocycles. The minimum atomic E-state index is -0.732. The molecule has 1 aliphatic heterocycles. The summed E-state index contributed by atoms with van der Waals surface area (Å²) in [7, 11) is 4.44. The Hall–Kier alpha value is -1.63. The van der Waals surface area contributed by atoms with Crippen molar-refractivity contribution >= 4 is 11.7 Å². The maximum absolute atomic E-state index is 11.0. The van der Waals surface area contributed by atoms with E-state index >= 15 is 0 Å². The van der Waals surface area contributed by atoms with Gasteiger partial charge in [-0.2, -0.15) is 0 Å². The Kier molecular flexibility index (Phi) is 7.32. The minimum absolute atomic E-state index is 0.151. The number of likely N-dealkylation sites (tertiary alicyclic amines) is 1. The summed E-state index contributed by atoms with van der Waals surface area (Å²) in [5.41, 5.74) is 2.69. The quantitative estimate of drug-likeness (QED) is 0.677. The number of likely N-dealkylation sites (N-methyl/N-ethyl adjacent to an activating group) is 1. The Morgan fingerprint density at radius 2 is 1.89 bits per heavy atom. The van der Waals surface area contributed by atoms with Crippen molar-refractivity contribution in [3.05, 3.63) is 29.8 Å². The number of anilines is 1. The Balaban J connectivity index is 1.51. The average Bonchev–Trinajstić information content (AvgIpc) is 2.65. The zero-order valence-electron chi connectivity index (χ0n) is 17.6. The van der Waals surface area contributed by atoms with Gasteiger partial charge in [-0.1, -0.05) is 25.1 Å². The van der Waals surface area contributed by atoms with E-state index in [4.69, 9.17) is 5.11 Å². The van der Waals surface area contributed by atoms with Crippen molar-refractivity contribution in [2.75, 3.05) is 45.2 Å². The van der Waals surface area contributed by atoms with Gasteiger partial charge >= 0.3 is 5.97 Å². The van der Waals surface area contributed by atoms with Gasteiger partial charge in [0.25, 0.3) is 0 Å². The molecular formula is C22H36N4O2. The molecule has 1 heterocycles. The maximum Gasteiger partial charge on any atom is 0.317 e. The molecule has 0 amide bonds. The fraction of sp³-hybridized carbons (Fsp3) is 0.682. The number of nitrogens with zero attached hydrogens (tertiary/aromatic N) is 3. The molecule has 2 aliphatic rings. The molecule has 2 N–H and O–H groups in total. The van der Waals surface area contributed by atoms with Gasteiger partial charge < -0.3 is 20.2 Å². The van der Waals surface area contributed by atoms with E-state index in [2.05, 4.69) is 58.4 Å². The van der Waals surface area contributed by atoms with Crippen LogP contribution in [0.4, 0.5) is 5.69 Å². The Bertz CT molecular complexity index is 639. The minimum Gasteiger partial charge on any atom is -0.480 e. The first-order valence-corrected chi connectivity index (χ1v) is 10.7. The van der Waals surface area contributed by atoms with Crippen LogP contribution in [0.3, 0.4) is 0 Å². The molecule has 1 saturated carbocycles. The third kappa shape index (κ3) is 5.25. The lowest BCUT2D eigenvalue weighted by Crippen LogP contribution is -2.53. The number of nitrogens with one attached hydrogen (secondary N) is 1. The summed E-state index contributed by atoms with van der Waals surface area (Å²) in [6.45, 7) is 6.20. The average molecular weight is 389 g/mol. The zero-order chi connectivity index (χ0) is 20.1. The summed E-state index contributed by atoms with van der Waals surface area (Å²) in [6.07, 6.45) is 4.51. The van der Waals surface area contributed by atoms with Gasteiger partial charge in [-0.15, -0.1) is 0 Å². The number of carboxylic acids is 1. The highest BCUT2D eigenvalue weighted by atomic mass is 16.4. The molecule has 28 heavy (non-hydrogen) atoms. The van der Waals surface area contributed by atoms with Crippen LogP contribution in [0.25, 0.3) is 0 Å². The lowest BCUT2D eigenvalue weighted by molar-refractivity contribution is -0.139. The second kappa shape index (κ2) is 9.72. The Morgan fingerprint density at radius 1 is 1.21 bits per heavy atom. The fourth-order valence-corrected chi connectivity index (χ4v) is 4.56. The number of para-hydroxylation sites is 1. The first-order valence-electron chi connectivity index (χ1n) is 10.7. The van der Waals surface area contributed by atoms with Gasteiger partial charge in [0.05, 0.1) is 6.54 Å². The first kappa shape index (κ1) is 21.1. The number of benzene rings is 1. The highest BCUT2D eigenvalue weighted by Gasteiger charge is 2.33. The monoisotopic (exact) mass is 388 g/mol. The van der Waals surface area contributed by atoms with Gasteiger partial charge in [0.1, 0.15) is 0 Å². The van der Waals surface area contributed by atoms with E-state index in [0.29, 0.717) is 18.1 Å². The highest BCUT2D eigenvalue weighted by Crippen LogP contribution is 2.28. The SMILES string of the molecule is CCN(CC(=O)O)C1CC(NCc2ccccc2N(C)C2CCN(C)CC2)C1. The topological polar surface area (TPSA) is 59.1 Å². The third-order valence-corrected chi connectivity index (χ3v) is 6.56. The molecule has 0 atom stereocenters. The molecular weight excluding hydrogens is 352 g/mol. The predicted octanol–water partition coefficient (Wildman–Crippen LogP) is 2.24. The van der Waals surface area contributed by atoms with Crippen LogP contribution in [0.1, 0.15) is 38.2 Å². The molecule has 2 fully saturated rings. The van der Waals surface area contributed by atoms with Gasteiger partial charge in [-0.25, -0.2) is 0 Å². The summed E-state index contributed by atoms with van der Waals surface area (Å²) in [5, 5.41) is 12.7. The van der Waals surface area contributed by atoms with Crippen molar-refractivity contribution in [2.24, 2.45) is 0 Å². The van der Waals surface area contributed by atoms with Crippen LogP contribution in [0.5, 0.6) is 0 Å². The van der Waals surface area contributed by atoms with E-state index in [0.717, 1.165) is 25.9 Å². The molecule has 156 valence electrons. The van der Waals surface area contributed by atoms with Crippen LogP contribution in [0, 0.1) is 0 Å². The Labute approximate surface area is 169 Å². The second-order valence-electron chi connectivity index (χ2n) is 8.43. The molecule has 0 radical (unpaired) electrons. The number of rotatable bonds is 9. The molecule has 1 aromatic carbocycles. The highest BCUT2D eigenvalue weighted by molar-refractivity contribution is 5.69. The number of carboxylic acid groups (broad SMARTS) is 1. The van der Waals surface area contributed by atoms with E-state index in [1.807, 2.05) is 6.92 Å². The number of piperidine rings is 1. The molecule has 6 nitrogen and oxygen atoms in total. The van der Waals surface area contributed by atoms with Gasteiger partial charge in [0, 0.05) is 37.4 Å². The number of carbonyl (C=O) groups is 1. The molecule has 3 rings (SSSR count). The van der Waals surface area contributed by atoms with Crippen molar-refractivity contribution in [3.8, 4) is 0 Å². The molecule has 0 spiro atoms. The lowest BCUT2D eigenvalue weighted by atomic mass is 9.85. The standard InChI is InChI=1S/C22H36N4O2/c1-4-26(16-22(27)28)20-13-18(14-20)23-15-17-7-5-6-8-21(17)25(3)19-9-11-24(2)12-10-19/h5-8,18-20,23H,4,9-16H2,1-3H3,(H,27,28). The van der Waals surface area contributed by atoms with E-state index in [-0.39, 0.29) is 6.54 Å². The molecule has 1 aliphatic carbocycles.